The van der Waals surface area contributed by atoms with Crippen LogP contribution in [0.4, 0.5) is 4.39 Å². The van der Waals surface area contributed by atoms with Gasteiger partial charge in [0.05, 0.1) is 27.3 Å². The lowest BCUT2D eigenvalue weighted by Crippen LogP contribution is -2.37. The van der Waals surface area contributed by atoms with Gasteiger partial charge in [-0.1, -0.05) is 17.7 Å². The van der Waals surface area contributed by atoms with E-state index < -0.39 is 27.5 Å². The van der Waals surface area contributed by atoms with E-state index in [2.05, 4.69) is 4.99 Å². The second-order valence-corrected chi connectivity index (χ2v) is 8.92. The van der Waals surface area contributed by atoms with Gasteiger partial charge in [-0.05, 0) is 30.5 Å². The highest BCUT2D eigenvalue weighted by molar-refractivity contribution is 7.95. The van der Waals surface area contributed by atoms with Gasteiger partial charge in [0.15, 0.2) is 9.84 Å². The number of aliphatic imine (C=N–C) groups is 1. The van der Waals surface area contributed by atoms with Crippen LogP contribution in [-0.4, -0.2) is 25.7 Å². The third-order valence-corrected chi connectivity index (χ3v) is 7.18. The Morgan fingerprint density at radius 1 is 1.17 bits per heavy atom. The largest absolute Gasteiger partial charge is 0.299 e. The zero-order valence-corrected chi connectivity index (χ0v) is 14.3. The van der Waals surface area contributed by atoms with Gasteiger partial charge in [-0.15, -0.1) is 0 Å². The molecule has 2 atom stereocenters. The maximum atomic E-state index is 13.5. The topological polar surface area (TPSA) is 63.6 Å². The van der Waals surface area contributed by atoms with Crippen LogP contribution in [0.2, 0.25) is 5.02 Å². The SMILES string of the molecule is O=C1CCCC2=NC3=C(C(c4ccc(F)c(Cl)c4)C12)S(=O)(=O)CC3. The van der Waals surface area contributed by atoms with Crippen LogP contribution in [0.15, 0.2) is 33.8 Å². The van der Waals surface area contributed by atoms with Crippen molar-refractivity contribution in [3.05, 3.63) is 45.2 Å². The fourth-order valence-corrected chi connectivity index (χ4v) is 5.98. The molecule has 3 aliphatic rings. The zero-order valence-electron chi connectivity index (χ0n) is 12.8. The molecule has 1 aromatic carbocycles. The van der Waals surface area contributed by atoms with E-state index in [9.17, 15) is 17.6 Å². The van der Waals surface area contributed by atoms with E-state index in [4.69, 9.17) is 11.6 Å². The summed E-state index contributed by atoms with van der Waals surface area (Å²) in [7, 11) is -3.46. The number of Topliss-reactive ketones (excluding diaryl/α,β-unsaturated/α-hetero) is 1. The van der Waals surface area contributed by atoms with Crippen LogP contribution < -0.4 is 0 Å². The Morgan fingerprint density at radius 2 is 1.96 bits per heavy atom. The van der Waals surface area contributed by atoms with Crippen molar-refractivity contribution >= 4 is 32.9 Å². The Bertz CT molecular complexity index is 920. The minimum atomic E-state index is -3.46. The highest BCUT2D eigenvalue weighted by Gasteiger charge is 2.47. The zero-order chi connectivity index (χ0) is 17.1. The van der Waals surface area contributed by atoms with Gasteiger partial charge in [0.25, 0.3) is 0 Å². The molecule has 126 valence electrons. The van der Waals surface area contributed by atoms with Crippen molar-refractivity contribution in [1.82, 2.24) is 0 Å². The first-order valence-corrected chi connectivity index (χ1v) is 9.92. The smallest absolute Gasteiger partial charge is 0.177 e. The fourth-order valence-electron chi connectivity index (χ4n) is 3.95. The minimum absolute atomic E-state index is 0.000836. The molecule has 2 unspecified atom stereocenters. The molecule has 0 bridgehead atoms. The molecule has 0 aromatic heterocycles. The van der Waals surface area contributed by atoms with Crippen LogP contribution in [0.1, 0.15) is 37.2 Å². The number of fused-ring (bicyclic) bond motifs is 1. The second kappa shape index (κ2) is 5.49. The number of nitrogens with zero attached hydrogens (tertiary/aromatic N) is 1. The van der Waals surface area contributed by atoms with Crippen molar-refractivity contribution in [1.29, 1.82) is 0 Å². The van der Waals surface area contributed by atoms with Crippen molar-refractivity contribution in [3.8, 4) is 0 Å². The minimum Gasteiger partial charge on any atom is -0.299 e. The Labute approximate surface area is 144 Å². The number of benzene rings is 1. The normalized spacial score (nSPS) is 28.4. The molecule has 24 heavy (non-hydrogen) atoms. The molecule has 0 amide bonds. The van der Waals surface area contributed by atoms with E-state index in [0.29, 0.717) is 30.5 Å². The lowest BCUT2D eigenvalue weighted by molar-refractivity contribution is -0.121. The van der Waals surface area contributed by atoms with Crippen LogP contribution in [0.3, 0.4) is 0 Å². The quantitative estimate of drug-likeness (QED) is 0.764. The standard InChI is InChI=1S/C17H15ClFNO3S/c18-10-8-9(4-5-11(10)19)15-16-12(2-1-3-14(16)21)20-13-6-7-24(22,23)17(13)15/h4-5,8,15-16H,1-3,6-7H2. The Kier molecular flexibility index (Phi) is 3.65. The van der Waals surface area contributed by atoms with Gasteiger partial charge >= 0.3 is 0 Å². The molecule has 0 radical (unpaired) electrons. The van der Waals surface area contributed by atoms with Crippen LogP contribution in [0.5, 0.6) is 0 Å². The molecule has 0 N–H and O–H groups in total. The third kappa shape index (κ3) is 2.35. The highest BCUT2D eigenvalue weighted by Crippen LogP contribution is 2.48. The lowest BCUT2D eigenvalue weighted by Gasteiger charge is -2.34. The van der Waals surface area contributed by atoms with Gasteiger partial charge in [0.1, 0.15) is 11.6 Å². The molecule has 1 fully saturated rings. The number of carbonyl (C=O) groups excluding carboxylic acids is 1. The van der Waals surface area contributed by atoms with E-state index in [1.807, 2.05) is 0 Å². The molecule has 2 aliphatic heterocycles. The first-order valence-electron chi connectivity index (χ1n) is 7.89. The number of rotatable bonds is 1. The summed E-state index contributed by atoms with van der Waals surface area (Å²) in [5.74, 6) is -1.76. The van der Waals surface area contributed by atoms with E-state index in [0.717, 1.165) is 12.1 Å². The summed E-state index contributed by atoms with van der Waals surface area (Å²) in [6.45, 7) is 0. The van der Waals surface area contributed by atoms with Crippen molar-refractivity contribution in [2.75, 3.05) is 5.75 Å². The Hall–Kier alpha value is -1.53. The van der Waals surface area contributed by atoms with Crippen LogP contribution in [-0.2, 0) is 14.6 Å². The van der Waals surface area contributed by atoms with E-state index >= 15 is 0 Å². The van der Waals surface area contributed by atoms with Gasteiger partial charge in [-0.3, -0.25) is 9.79 Å². The average molecular weight is 368 g/mol. The summed E-state index contributed by atoms with van der Waals surface area (Å²) < 4.78 is 38.7. The number of ketones is 1. The predicted molar refractivity (Wildman–Crippen MR) is 89.4 cm³/mol. The molecule has 0 saturated heterocycles. The van der Waals surface area contributed by atoms with E-state index in [1.165, 1.54) is 18.2 Å². The molecule has 1 aromatic rings. The Balaban J connectivity index is 1.94. The number of allylic oxidation sites excluding steroid dienone is 2. The van der Waals surface area contributed by atoms with Crippen molar-refractivity contribution in [2.45, 2.75) is 31.6 Å². The van der Waals surface area contributed by atoms with Crippen LogP contribution in [0.25, 0.3) is 0 Å². The van der Waals surface area contributed by atoms with E-state index in [1.54, 1.807) is 0 Å². The van der Waals surface area contributed by atoms with E-state index in [-0.39, 0.29) is 21.5 Å². The number of hydrogen-bond acceptors (Lipinski definition) is 4. The molecule has 0 spiro atoms. The molecule has 1 saturated carbocycles. The number of sulfone groups is 1. The summed E-state index contributed by atoms with van der Waals surface area (Å²) in [6.07, 6.45) is 2.21. The Morgan fingerprint density at radius 3 is 2.71 bits per heavy atom. The number of halogens is 2. The molecular weight excluding hydrogens is 353 g/mol. The van der Waals surface area contributed by atoms with Gasteiger partial charge in [0, 0.05) is 24.5 Å². The summed E-state index contributed by atoms with van der Waals surface area (Å²) in [5, 5.41) is -0.0719. The lowest BCUT2D eigenvalue weighted by atomic mass is 9.72. The molecule has 2 heterocycles. The summed E-state index contributed by atoms with van der Waals surface area (Å²) >= 11 is 5.90. The number of hydrogen-bond donors (Lipinski definition) is 0. The summed E-state index contributed by atoms with van der Waals surface area (Å²) in [5.41, 5.74) is 1.88. The maximum Gasteiger partial charge on any atom is 0.177 e. The molecule has 4 rings (SSSR count). The van der Waals surface area contributed by atoms with Crippen LogP contribution >= 0.6 is 11.6 Å². The first-order chi connectivity index (χ1) is 11.4. The van der Waals surface area contributed by atoms with Gasteiger partial charge in [0.2, 0.25) is 0 Å². The van der Waals surface area contributed by atoms with Gasteiger partial charge < -0.3 is 0 Å². The van der Waals surface area contributed by atoms with Gasteiger partial charge in [-0.2, -0.15) is 0 Å². The molecular formula is C17H15ClFNO3S. The fraction of sp³-hybridized carbons (Fsp3) is 0.412. The molecule has 1 aliphatic carbocycles. The van der Waals surface area contributed by atoms with Crippen molar-refractivity contribution in [3.63, 3.8) is 0 Å². The van der Waals surface area contributed by atoms with Crippen molar-refractivity contribution < 1.29 is 17.6 Å². The number of carbonyl (C=O) groups is 1. The van der Waals surface area contributed by atoms with Crippen molar-refractivity contribution in [2.24, 2.45) is 10.9 Å². The second-order valence-electron chi connectivity index (χ2n) is 6.43. The molecule has 7 heteroatoms. The first kappa shape index (κ1) is 16.0. The molecule has 4 nitrogen and oxygen atoms in total. The maximum absolute atomic E-state index is 13.5. The summed E-state index contributed by atoms with van der Waals surface area (Å²) in [4.78, 5) is 17.3. The monoisotopic (exact) mass is 367 g/mol. The third-order valence-electron chi connectivity index (χ3n) is 4.99. The summed E-state index contributed by atoms with van der Waals surface area (Å²) in [6, 6.07) is 4.18. The highest BCUT2D eigenvalue weighted by atomic mass is 35.5. The average Bonchev–Trinajstić information content (AvgIpc) is 2.84. The van der Waals surface area contributed by atoms with Gasteiger partial charge in [-0.25, -0.2) is 12.8 Å². The predicted octanol–water partition coefficient (Wildman–Crippen LogP) is 3.42. The van der Waals surface area contributed by atoms with Crippen LogP contribution in [0, 0.1) is 11.7 Å².